The zero-order valence-electron chi connectivity index (χ0n) is 10.2. The number of unbranched alkanes of at least 4 members (excludes halogenated alkanes) is 3. The topological polar surface area (TPSA) is 96.3 Å². The molecule has 0 aliphatic rings. The predicted molar refractivity (Wildman–Crippen MR) is 63.7 cm³/mol. The third-order valence-corrected chi connectivity index (χ3v) is 2.02. The molecule has 0 atom stereocenters. The molecule has 0 unspecified atom stereocenters. The summed E-state index contributed by atoms with van der Waals surface area (Å²) in [5, 5.41) is 5.99. The van der Waals surface area contributed by atoms with Crippen LogP contribution >= 0.6 is 0 Å². The number of carbonyl (C=O) groups is 1. The van der Waals surface area contributed by atoms with Gasteiger partial charge in [0.1, 0.15) is 0 Å². The van der Waals surface area contributed by atoms with Gasteiger partial charge in [0.05, 0.1) is 13.2 Å². The van der Waals surface area contributed by atoms with Crippen LogP contribution in [0.3, 0.4) is 0 Å². The average Bonchev–Trinajstić information content (AvgIpc) is 2.33. The van der Waals surface area contributed by atoms with Gasteiger partial charge in [0, 0.05) is 25.1 Å². The normalized spacial score (nSPS) is 9.47. The molecule has 7 heteroatoms. The molecule has 0 aromatic heterocycles. The van der Waals surface area contributed by atoms with Gasteiger partial charge in [-0.3, -0.25) is 0 Å². The van der Waals surface area contributed by atoms with Crippen molar-refractivity contribution in [1.29, 1.82) is 0 Å². The number of nitrogens with zero attached hydrogens (tertiary/aromatic N) is 3. The van der Waals surface area contributed by atoms with E-state index in [9.17, 15) is 4.79 Å². The van der Waals surface area contributed by atoms with Crippen LogP contribution in [0.2, 0.25) is 0 Å². The van der Waals surface area contributed by atoms with Crippen LogP contribution in [-0.2, 0) is 9.47 Å². The molecule has 0 spiro atoms. The number of hydrogen-bond donors (Lipinski definition) is 1. The molecule has 0 saturated heterocycles. The highest BCUT2D eigenvalue weighted by Gasteiger charge is 1.99. The van der Waals surface area contributed by atoms with Crippen LogP contribution in [0, 0.1) is 0 Å². The van der Waals surface area contributed by atoms with Gasteiger partial charge in [-0.1, -0.05) is 18.0 Å². The van der Waals surface area contributed by atoms with Crippen LogP contribution < -0.4 is 5.32 Å². The van der Waals surface area contributed by atoms with Crippen molar-refractivity contribution >= 4 is 6.09 Å². The lowest BCUT2D eigenvalue weighted by molar-refractivity contribution is 0.137. The number of rotatable bonds is 10. The lowest BCUT2D eigenvalue weighted by Crippen LogP contribution is -2.27. The second-order valence-electron chi connectivity index (χ2n) is 3.42. The van der Waals surface area contributed by atoms with E-state index in [0.29, 0.717) is 26.3 Å². The smallest absolute Gasteiger partial charge is 0.407 e. The van der Waals surface area contributed by atoms with Crippen molar-refractivity contribution in [3.05, 3.63) is 10.4 Å². The highest BCUT2D eigenvalue weighted by molar-refractivity contribution is 5.66. The largest absolute Gasteiger partial charge is 0.450 e. The summed E-state index contributed by atoms with van der Waals surface area (Å²) < 4.78 is 9.71. The van der Waals surface area contributed by atoms with Crippen molar-refractivity contribution in [1.82, 2.24) is 5.32 Å². The summed E-state index contributed by atoms with van der Waals surface area (Å²) in [4.78, 5) is 13.7. The van der Waals surface area contributed by atoms with Gasteiger partial charge in [0.2, 0.25) is 0 Å². The zero-order chi connectivity index (χ0) is 12.8. The van der Waals surface area contributed by atoms with E-state index in [4.69, 9.17) is 15.0 Å². The van der Waals surface area contributed by atoms with E-state index in [0.717, 1.165) is 25.7 Å². The molecule has 1 N–H and O–H groups in total. The first-order valence-corrected chi connectivity index (χ1v) is 5.71. The van der Waals surface area contributed by atoms with Crippen molar-refractivity contribution in [3.63, 3.8) is 0 Å². The Morgan fingerprint density at radius 1 is 1.29 bits per heavy atom. The highest BCUT2D eigenvalue weighted by Crippen LogP contribution is 2.00. The van der Waals surface area contributed by atoms with Crippen LogP contribution in [0.25, 0.3) is 10.4 Å². The Morgan fingerprint density at radius 3 is 2.76 bits per heavy atom. The molecule has 7 nitrogen and oxygen atoms in total. The molecule has 98 valence electrons. The molecule has 0 radical (unpaired) electrons. The molecule has 0 aromatic rings. The van der Waals surface area contributed by atoms with Crippen LogP contribution in [0.1, 0.15) is 25.7 Å². The molecule has 0 rings (SSSR count). The lowest BCUT2D eigenvalue weighted by atomic mass is 10.2. The predicted octanol–water partition coefficient (Wildman–Crippen LogP) is 2.23. The van der Waals surface area contributed by atoms with Crippen molar-refractivity contribution < 1.29 is 14.3 Å². The maximum Gasteiger partial charge on any atom is 0.407 e. The Bertz CT molecular complexity index is 242. The van der Waals surface area contributed by atoms with Gasteiger partial charge >= 0.3 is 6.09 Å². The first-order valence-electron chi connectivity index (χ1n) is 5.71. The summed E-state index contributed by atoms with van der Waals surface area (Å²) in [7, 11) is 1.57. The maximum atomic E-state index is 11.0. The average molecular weight is 244 g/mol. The summed E-state index contributed by atoms with van der Waals surface area (Å²) in [5.41, 5.74) is 8.04. The summed E-state index contributed by atoms with van der Waals surface area (Å²) in [6.07, 6.45) is 3.24. The van der Waals surface area contributed by atoms with Gasteiger partial charge in [-0.15, -0.1) is 0 Å². The summed E-state index contributed by atoms with van der Waals surface area (Å²) >= 11 is 0. The molecule has 1 amide bonds. The van der Waals surface area contributed by atoms with E-state index in [2.05, 4.69) is 15.3 Å². The molecule has 0 fully saturated rings. The molecular weight excluding hydrogens is 224 g/mol. The SMILES string of the molecule is COCCNC(=O)OCCCCCCN=[N+]=[N-]. The number of alkyl carbamates (subject to hydrolysis) is 1. The van der Waals surface area contributed by atoms with Gasteiger partial charge in [-0.25, -0.2) is 4.79 Å². The van der Waals surface area contributed by atoms with Gasteiger partial charge in [-0.05, 0) is 18.4 Å². The number of carbonyl (C=O) groups excluding carboxylic acids is 1. The second-order valence-corrected chi connectivity index (χ2v) is 3.42. The number of nitrogens with one attached hydrogen (secondary N) is 1. The molecule has 0 aliphatic heterocycles. The van der Waals surface area contributed by atoms with E-state index in [1.807, 2.05) is 0 Å². The van der Waals surface area contributed by atoms with E-state index < -0.39 is 6.09 Å². The number of amides is 1. The Balaban J connectivity index is 3.16. The number of azide groups is 1. The Morgan fingerprint density at radius 2 is 2.06 bits per heavy atom. The summed E-state index contributed by atoms with van der Waals surface area (Å²) in [6, 6.07) is 0. The monoisotopic (exact) mass is 244 g/mol. The van der Waals surface area contributed by atoms with E-state index in [-0.39, 0.29) is 0 Å². The fourth-order valence-corrected chi connectivity index (χ4v) is 1.15. The van der Waals surface area contributed by atoms with E-state index in [1.165, 1.54) is 0 Å². The van der Waals surface area contributed by atoms with E-state index in [1.54, 1.807) is 7.11 Å². The second kappa shape index (κ2) is 12.6. The van der Waals surface area contributed by atoms with E-state index >= 15 is 0 Å². The van der Waals surface area contributed by atoms with Crippen LogP contribution in [0.5, 0.6) is 0 Å². The Hall–Kier alpha value is -1.46. The molecule has 17 heavy (non-hydrogen) atoms. The Kier molecular flexibility index (Phi) is 11.5. The van der Waals surface area contributed by atoms with Gasteiger partial charge < -0.3 is 14.8 Å². The number of ether oxygens (including phenoxy) is 2. The minimum atomic E-state index is -0.406. The standard InChI is InChI=1S/C10H20N4O3/c1-16-9-7-12-10(15)17-8-5-3-2-4-6-13-14-11/h2-9H2,1H3,(H,12,15). The summed E-state index contributed by atoms with van der Waals surface area (Å²) in [6.45, 7) is 1.89. The molecule has 0 bridgehead atoms. The van der Waals surface area contributed by atoms with Crippen LogP contribution in [-0.4, -0.2) is 39.5 Å². The number of hydrogen-bond acceptors (Lipinski definition) is 4. The van der Waals surface area contributed by atoms with Crippen LogP contribution in [0.4, 0.5) is 4.79 Å². The van der Waals surface area contributed by atoms with Crippen molar-refractivity contribution in [2.45, 2.75) is 25.7 Å². The summed E-state index contributed by atoms with van der Waals surface area (Å²) in [5.74, 6) is 0. The maximum absolute atomic E-state index is 11.0. The van der Waals surface area contributed by atoms with Crippen molar-refractivity contribution in [2.75, 3.05) is 33.4 Å². The zero-order valence-corrected chi connectivity index (χ0v) is 10.2. The fraction of sp³-hybridized carbons (Fsp3) is 0.900. The third kappa shape index (κ3) is 12.5. The van der Waals surface area contributed by atoms with Gasteiger partial charge in [-0.2, -0.15) is 0 Å². The first kappa shape index (κ1) is 15.5. The molecule has 0 aromatic carbocycles. The minimum absolute atomic E-state index is 0.406. The van der Waals surface area contributed by atoms with Gasteiger partial charge in [0.15, 0.2) is 0 Å². The van der Waals surface area contributed by atoms with Crippen LogP contribution in [0.15, 0.2) is 5.11 Å². The quantitative estimate of drug-likeness (QED) is 0.276. The lowest BCUT2D eigenvalue weighted by Gasteiger charge is -2.06. The highest BCUT2D eigenvalue weighted by atomic mass is 16.5. The molecular formula is C10H20N4O3. The minimum Gasteiger partial charge on any atom is -0.450 e. The Labute approximate surface area is 101 Å². The molecule has 0 aliphatic carbocycles. The fourth-order valence-electron chi connectivity index (χ4n) is 1.15. The van der Waals surface area contributed by atoms with Crippen molar-refractivity contribution in [3.8, 4) is 0 Å². The molecule has 0 saturated carbocycles. The van der Waals surface area contributed by atoms with Crippen molar-refractivity contribution in [2.24, 2.45) is 5.11 Å². The number of methoxy groups -OCH3 is 1. The third-order valence-electron chi connectivity index (χ3n) is 2.02. The molecule has 0 heterocycles. The van der Waals surface area contributed by atoms with Gasteiger partial charge in [0.25, 0.3) is 0 Å². The first-order chi connectivity index (χ1) is 8.31.